The zero-order chi connectivity index (χ0) is 19.0. The summed E-state index contributed by atoms with van der Waals surface area (Å²) in [5.74, 6) is 0.625. The molecule has 0 aliphatic rings. The quantitative estimate of drug-likeness (QED) is 0.629. The number of rotatable bonds is 6. The average Bonchev–Trinajstić information content (AvgIpc) is 2.83. The maximum Gasteiger partial charge on any atom is 0.0827 e. The number of aryl methyl sites for hydroxylation is 1. The molecule has 0 fully saturated rings. The fourth-order valence-corrected chi connectivity index (χ4v) is 2.67. The third-order valence-corrected chi connectivity index (χ3v) is 6.48. The van der Waals surface area contributed by atoms with Gasteiger partial charge in [0.05, 0.1) is 11.2 Å². The van der Waals surface area contributed by atoms with E-state index >= 15 is 0 Å². The second kappa shape index (κ2) is 6.80. The van der Waals surface area contributed by atoms with Gasteiger partial charge in [-0.2, -0.15) is 0 Å². The lowest BCUT2D eigenvalue weighted by molar-refractivity contribution is 0.120. The highest BCUT2D eigenvalue weighted by atomic mass is 15.4. The van der Waals surface area contributed by atoms with E-state index in [2.05, 4.69) is 97.4 Å². The largest absolute Gasteiger partial charge is 0.247 e. The lowest BCUT2D eigenvalue weighted by atomic mass is 9.67. The molecule has 24 heavy (non-hydrogen) atoms. The first-order valence-electron chi connectivity index (χ1n) is 9.48. The minimum absolute atomic E-state index is 0.00249. The lowest BCUT2D eigenvalue weighted by Gasteiger charge is -2.39. The molecule has 0 aliphatic carbocycles. The van der Waals surface area contributed by atoms with Crippen molar-refractivity contribution in [2.45, 2.75) is 101 Å². The second-order valence-electron chi connectivity index (χ2n) is 11.1. The van der Waals surface area contributed by atoms with Crippen LogP contribution in [0, 0.1) is 22.2 Å². The van der Waals surface area contributed by atoms with Crippen molar-refractivity contribution in [3.05, 3.63) is 11.9 Å². The predicted octanol–water partition coefficient (Wildman–Crippen LogP) is 6.09. The van der Waals surface area contributed by atoms with Crippen LogP contribution in [0.1, 0.15) is 94.7 Å². The topological polar surface area (TPSA) is 30.7 Å². The van der Waals surface area contributed by atoms with Gasteiger partial charge in [0, 0.05) is 6.20 Å². The Balaban J connectivity index is 2.78. The monoisotopic (exact) mass is 335 g/mol. The van der Waals surface area contributed by atoms with E-state index in [0.717, 1.165) is 25.0 Å². The van der Waals surface area contributed by atoms with E-state index in [-0.39, 0.29) is 11.0 Å². The average molecular weight is 336 g/mol. The Kier molecular flexibility index (Phi) is 6.00. The van der Waals surface area contributed by atoms with Gasteiger partial charge in [-0.3, -0.25) is 0 Å². The number of hydrogen-bond donors (Lipinski definition) is 0. The van der Waals surface area contributed by atoms with Crippen LogP contribution in [0.25, 0.3) is 0 Å². The van der Waals surface area contributed by atoms with Gasteiger partial charge in [0.15, 0.2) is 0 Å². The van der Waals surface area contributed by atoms with Gasteiger partial charge in [0.25, 0.3) is 0 Å². The second-order valence-corrected chi connectivity index (χ2v) is 11.1. The van der Waals surface area contributed by atoms with Crippen LogP contribution in [0.5, 0.6) is 0 Å². The zero-order valence-electron chi connectivity index (χ0n) is 18.1. The van der Waals surface area contributed by atoms with Crippen molar-refractivity contribution in [2.75, 3.05) is 0 Å². The SMILES string of the molecule is CC(CC(C)(C)n1cc(CCC(C)(C)C(C)(C)C)nn1)C(C)(C)C. The molecule has 0 aliphatic heterocycles. The highest BCUT2D eigenvalue weighted by molar-refractivity contribution is 4.98. The molecule has 0 aromatic carbocycles. The Morgan fingerprint density at radius 3 is 1.96 bits per heavy atom. The molecule has 1 atom stereocenters. The lowest BCUT2D eigenvalue weighted by Crippen LogP contribution is -2.33. The molecule has 3 nitrogen and oxygen atoms in total. The van der Waals surface area contributed by atoms with E-state index in [9.17, 15) is 0 Å². The van der Waals surface area contributed by atoms with Gasteiger partial charge in [-0.15, -0.1) is 5.10 Å². The summed E-state index contributed by atoms with van der Waals surface area (Å²) in [5, 5.41) is 8.90. The van der Waals surface area contributed by atoms with Crippen LogP contribution in [0.3, 0.4) is 0 Å². The Morgan fingerprint density at radius 1 is 0.958 bits per heavy atom. The number of hydrogen-bond acceptors (Lipinski definition) is 2. The van der Waals surface area contributed by atoms with Crippen LogP contribution in [0.15, 0.2) is 6.20 Å². The van der Waals surface area contributed by atoms with E-state index < -0.39 is 0 Å². The highest BCUT2D eigenvalue weighted by Crippen LogP contribution is 2.41. The summed E-state index contributed by atoms with van der Waals surface area (Å²) in [6.45, 7) is 25.5. The van der Waals surface area contributed by atoms with Crippen molar-refractivity contribution < 1.29 is 0 Å². The third-order valence-electron chi connectivity index (χ3n) is 6.48. The normalized spacial score (nSPS) is 15.6. The van der Waals surface area contributed by atoms with E-state index in [4.69, 9.17) is 0 Å². The fourth-order valence-electron chi connectivity index (χ4n) is 2.67. The first-order valence-corrected chi connectivity index (χ1v) is 9.48. The maximum atomic E-state index is 4.45. The van der Waals surface area contributed by atoms with Crippen molar-refractivity contribution in [3.63, 3.8) is 0 Å². The van der Waals surface area contributed by atoms with E-state index in [1.807, 2.05) is 0 Å². The Bertz CT molecular complexity index is 524. The molecule has 3 heteroatoms. The smallest absolute Gasteiger partial charge is 0.0827 e. The predicted molar refractivity (Wildman–Crippen MR) is 104 cm³/mol. The standard InChI is InChI=1S/C21H41N3/c1-16(18(2,3)4)14-21(10,11)24-15-17(22-23-24)12-13-20(8,9)19(5,6)7/h15-16H,12-14H2,1-11H3. The Labute approximate surface area is 150 Å². The molecule has 1 unspecified atom stereocenters. The third kappa shape index (κ3) is 5.32. The summed E-state index contributed by atoms with van der Waals surface area (Å²) < 4.78 is 2.08. The van der Waals surface area contributed by atoms with Crippen molar-refractivity contribution in [3.8, 4) is 0 Å². The van der Waals surface area contributed by atoms with Gasteiger partial charge in [-0.05, 0) is 55.3 Å². The first kappa shape index (κ1) is 21.2. The van der Waals surface area contributed by atoms with Crippen LogP contribution in [-0.2, 0) is 12.0 Å². The van der Waals surface area contributed by atoms with E-state index in [1.165, 1.54) is 0 Å². The summed E-state index contributed by atoms with van der Waals surface area (Å²) in [5.41, 5.74) is 2.01. The first-order chi connectivity index (χ1) is 10.6. The number of aromatic nitrogens is 3. The van der Waals surface area contributed by atoms with E-state index in [1.54, 1.807) is 0 Å². The van der Waals surface area contributed by atoms with Crippen LogP contribution >= 0.6 is 0 Å². The van der Waals surface area contributed by atoms with Gasteiger partial charge in [-0.1, -0.05) is 67.5 Å². The summed E-state index contributed by atoms with van der Waals surface area (Å²) >= 11 is 0. The minimum atomic E-state index is -0.00249. The van der Waals surface area contributed by atoms with Crippen LogP contribution in [-0.4, -0.2) is 15.0 Å². The summed E-state index contributed by atoms with van der Waals surface area (Å²) in [4.78, 5) is 0. The van der Waals surface area contributed by atoms with Crippen LogP contribution in [0.2, 0.25) is 0 Å². The molecule has 0 saturated heterocycles. The van der Waals surface area contributed by atoms with Crippen molar-refractivity contribution in [2.24, 2.45) is 22.2 Å². The molecule has 0 amide bonds. The van der Waals surface area contributed by atoms with Gasteiger partial charge in [0.1, 0.15) is 0 Å². The number of nitrogens with zero attached hydrogens (tertiary/aromatic N) is 3. The molecule has 0 saturated carbocycles. The minimum Gasteiger partial charge on any atom is -0.247 e. The highest BCUT2D eigenvalue weighted by Gasteiger charge is 2.33. The Morgan fingerprint density at radius 2 is 1.50 bits per heavy atom. The molecule has 1 heterocycles. The molecular formula is C21H41N3. The molecule has 1 aromatic heterocycles. The molecule has 140 valence electrons. The molecular weight excluding hydrogens is 294 g/mol. The van der Waals surface area contributed by atoms with Gasteiger partial charge in [-0.25, -0.2) is 4.68 Å². The fraction of sp³-hybridized carbons (Fsp3) is 0.905. The van der Waals surface area contributed by atoms with Gasteiger partial charge >= 0.3 is 0 Å². The van der Waals surface area contributed by atoms with E-state index in [0.29, 0.717) is 16.7 Å². The summed E-state index contributed by atoms with van der Waals surface area (Å²) in [6, 6.07) is 0. The zero-order valence-corrected chi connectivity index (χ0v) is 18.1. The molecule has 1 aromatic rings. The van der Waals surface area contributed by atoms with Crippen LogP contribution in [0.4, 0.5) is 0 Å². The summed E-state index contributed by atoms with van der Waals surface area (Å²) in [6.07, 6.45) is 5.39. The molecule has 0 N–H and O–H groups in total. The molecule has 0 spiro atoms. The Hall–Kier alpha value is -0.860. The maximum absolute atomic E-state index is 4.45. The van der Waals surface area contributed by atoms with Crippen molar-refractivity contribution in [1.29, 1.82) is 0 Å². The van der Waals surface area contributed by atoms with Crippen molar-refractivity contribution in [1.82, 2.24) is 15.0 Å². The molecule has 1 rings (SSSR count). The molecule has 0 radical (unpaired) electrons. The van der Waals surface area contributed by atoms with Gasteiger partial charge in [0.2, 0.25) is 0 Å². The van der Waals surface area contributed by atoms with Gasteiger partial charge < -0.3 is 0 Å². The summed E-state index contributed by atoms with van der Waals surface area (Å²) in [7, 11) is 0. The van der Waals surface area contributed by atoms with Crippen LogP contribution < -0.4 is 0 Å². The molecule has 0 bridgehead atoms. The van der Waals surface area contributed by atoms with Crippen molar-refractivity contribution >= 4 is 0 Å².